The van der Waals surface area contributed by atoms with Crippen LogP contribution in [-0.2, 0) is 11.4 Å². The number of hydrogen-bond donors (Lipinski definition) is 0. The maximum Gasteiger partial charge on any atom is 0.161 e. The molecule has 7 nitrogen and oxygen atoms in total. The highest BCUT2D eigenvalue weighted by atomic mass is 16.5. The molecule has 7 heteroatoms. The Balaban J connectivity index is 1.72. The van der Waals surface area contributed by atoms with E-state index in [1.165, 1.54) is 13.0 Å². The zero-order chi connectivity index (χ0) is 19.9. The van der Waals surface area contributed by atoms with Crippen LogP contribution in [0.3, 0.4) is 0 Å². The molecule has 0 atom stereocenters. The number of ketones is 1. The Morgan fingerprint density at radius 1 is 1.07 bits per heavy atom. The highest BCUT2D eigenvalue weighted by Gasteiger charge is 2.10. The van der Waals surface area contributed by atoms with E-state index in [2.05, 4.69) is 10.3 Å². The Morgan fingerprint density at radius 3 is 2.61 bits per heavy atom. The number of carbonyl (C=O) groups excluding carboxylic acids is 1. The molecule has 0 spiro atoms. The van der Waals surface area contributed by atoms with Crippen molar-refractivity contribution in [2.45, 2.75) is 13.5 Å². The van der Waals surface area contributed by atoms with Crippen LogP contribution in [0.1, 0.15) is 18.2 Å². The number of ether oxygens (including phenoxy) is 3. The summed E-state index contributed by atoms with van der Waals surface area (Å²) < 4.78 is 18.2. The summed E-state index contributed by atoms with van der Waals surface area (Å²) in [6, 6.07) is 13.0. The Morgan fingerprint density at radius 2 is 1.86 bits per heavy atom. The van der Waals surface area contributed by atoms with Crippen molar-refractivity contribution in [2.24, 2.45) is 0 Å². The van der Waals surface area contributed by atoms with Crippen LogP contribution in [0.4, 0.5) is 0 Å². The van der Waals surface area contributed by atoms with Crippen molar-refractivity contribution in [3.63, 3.8) is 0 Å². The topological polar surface area (TPSA) is 75.5 Å². The van der Waals surface area contributed by atoms with E-state index in [9.17, 15) is 4.79 Å². The molecule has 0 bridgehead atoms. The van der Waals surface area contributed by atoms with E-state index in [0.717, 1.165) is 11.3 Å². The van der Waals surface area contributed by atoms with Crippen molar-refractivity contribution in [3.05, 3.63) is 66.0 Å². The summed E-state index contributed by atoms with van der Waals surface area (Å²) >= 11 is 0. The van der Waals surface area contributed by atoms with Crippen LogP contribution in [0.15, 0.2) is 54.7 Å². The Kier molecular flexibility index (Phi) is 6.06. The zero-order valence-electron chi connectivity index (χ0n) is 16.0. The van der Waals surface area contributed by atoms with Crippen LogP contribution >= 0.6 is 0 Å². The summed E-state index contributed by atoms with van der Waals surface area (Å²) in [6.07, 6.45) is 5.02. The molecule has 0 radical (unpaired) electrons. The van der Waals surface area contributed by atoms with Crippen molar-refractivity contribution < 1.29 is 19.0 Å². The Hall–Kier alpha value is -3.61. The first-order chi connectivity index (χ1) is 13.6. The standard InChI is InChI=1S/C21H21N3O4/c1-15(25)8-9-16-10-11-20(21(12-16)27-3)28-14-17-13-24(23-22-17)18-6-4-5-7-19(18)26-2/h4-13H,14H2,1-3H3/b9-8+. The van der Waals surface area contributed by atoms with Gasteiger partial charge in [-0.15, -0.1) is 5.10 Å². The van der Waals surface area contributed by atoms with E-state index in [1.807, 2.05) is 30.3 Å². The van der Waals surface area contributed by atoms with Gasteiger partial charge in [-0.1, -0.05) is 29.5 Å². The first-order valence-electron chi connectivity index (χ1n) is 8.65. The van der Waals surface area contributed by atoms with Gasteiger partial charge in [0.15, 0.2) is 17.3 Å². The zero-order valence-corrected chi connectivity index (χ0v) is 16.0. The van der Waals surface area contributed by atoms with Crippen LogP contribution in [0, 0.1) is 0 Å². The maximum atomic E-state index is 11.1. The molecule has 3 rings (SSSR count). The summed E-state index contributed by atoms with van der Waals surface area (Å²) in [4.78, 5) is 11.1. The largest absolute Gasteiger partial charge is 0.494 e. The molecular weight excluding hydrogens is 358 g/mol. The van der Waals surface area contributed by atoms with Gasteiger partial charge >= 0.3 is 0 Å². The van der Waals surface area contributed by atoms with Gasteiger partial charge in [0.1, 0.15) is 23.7 Å². The molecule has 1 aromatic heterocycles. The third kappa shape index (κ3) is 4.56. The van der Waals surface area contributed by atoms with Gasteiger partial charge in [-0.3, -0.25) is 4.79 Å². The summed E-state index contributed by atoms with van der Waals surface area (Å²) in [6.45, 7) is 1.73. The molecule has 2 aromatic carbocycles. The number of allylic oxidation sites excluding steroid dienone is 1. The second-order valence-corrected chi connectivity index (χ2v) is 5.97. The number of nitrogens with zero attached hydrogens (tertiary/aromatic N) is 3. The second kappa shape index (κ2) is 8.85. The van der Waals surface area contributed by atoms with Crippen molar-refractivity contribution >= 4 is 11.9 Å². The molecule has 0 saturated heterocycles. The van der Waals surface area contributed by atoms with Gasteiger partial charge in [0.05, 0.1) is 20.4 Å². The van der Waals surface area contributed by atoms with Crippen molar-refractivity contribution in [1.82, 2.24) is 15.0 Å². The lowest BCUT2D eigenvalue weighted by Crippen LogP contribution is -1.99. The number of methoxy groups -OCH3 is 2. The van der Waals surface area contributed by atoms with Crippen LogP contribution in [0.5, 0.6) is 17.2 Å². The number of benzene rings is 2. The van der Waals surface area contributed by atoms with Crippen molar-refractivity contribution in [1.29, 1.82) is 0 Å². The molecule has 28 heavy (non-hydrogen) atoms. The van der Waals surface area contributed by atoms with Gasteiger partial charge < -0.3 is 14.2 Å². The highest BCUT2D eigenvalue weighted by molar-refractivity contribution is 5.91. The smallest absolute Gasteiger partial charge is 0.161 e. The maximum absolute atomic E-state index is 11.1. The fraction of sp³-hybridized carbons (Fsp3) is 0.190. The van der Waals surface area contributed by atoms with Crippen LogP contribution in [0.25, 0.3) is 11.8 Å². The minimum absolute atomic E-state index is 0.0163. The number of aromatic nitrogens is 3. The predicted octanol–water partition coefficient (Wildman–Crippen LogP) is 3.47. The van der Waals surface area contributed by atoms with E-state index >= 15 is 0 Å². The van der Waals surface area contributed by atoms with Gasteiger partial charge in [0.2, 0.25) is 0 Å². The Labute approximate surface area is 163 Å². The van der Waals surface area contributed by atoms with Crippen LogP contribution in [-0.4, -0.2) is 35.0 Å². The monoisotopic (exact) mass is 379 g/mol. The summed E-state index contributed by atoms with van der Waals surface area (Å²) in [5, 5.41) is 8.29. The molecule has 1 heterocycles. The fourth-order valence-corrected chi connectivity index (χ4v) is 2.57. The molecule has 0 unspecified atom stereocenters. The van der Waals surface area contributed by atoms with Crippen LogP contribution in [0.2, 0.25) is 0 Å². The summed E-state index contributed by atoms with van der Waals surface area (Å²) in [7, 11) is 3.18. The fourth-order valence-electron chi connectivity index (χ4n) is 2.57. The molecule has 0 N–H and O–H groups in total. The first-order valence-corrected chi connectivity index (χ1v) is 8.65. The minimum Gasteiger partial charge on any atom is -0.494 e. The SMILES string of the molecule is COc1cc(/C=C/C(C)=O)ccc1OCc1cn(-c2ccccc2OC)nn1. The van der Waals surface area contributed by atoms with Gasteiger partial charge in [0.25, 0.3) is 0 Å². The van der Waals surface area contributed by atoms with E-state index in [4.69, 9.17) is 14.2 Å². The summed E-state index contributed by atoms with van der Waals surface area (Å²) in [5.74, 6) is 1.84. The third-order valence-electron chi connectivity index (χ3n) is 3.95. The normalized spacial score (nSPS) is 10.8. The molecule has 0 aliphatic rings. The number of carbonyl (C=O) groups is 1. The molecule has 0 fully saturated rings. The molecule has 0 saturated carbocycles. The molecule has 0 amide bonds. The Bertz CT molecular complexity index is 995. The van der Waals surface area contributed by atoms with Gasteiger partial charge in [0, 0.05) is 0 Å². The predicted molar refractivity (Wildman–Crippen MR) is 105 cm³/mol. The lowest BCUT2D eigenvalue weighted by Gasteiger charge is -2.10. The average molecular weight is 379 g/mol. The minimum atomic E-state index is -0.0163. The van der Waals surface area contributed by atoms with E-state index in [0.29, 0.717) is 22.9 Å². The van der Waals surface area contributed by atoms with Gasteiger partial charge in [-0.05, 0) is 42.8 Å². The third-order valence-corrected chi connectivity index (χ3v) is 3.95. The van der Waals surface area contributed by atoms with E-state index in [-0.39, 0.29) is 12.4 Å². The lowest BCUT2D eigenvalue weighted by atomic mass is 10.1. The average Bonchev–Trinajstić information content (AvgIpc) is 3.19. The molecule has 144 valence electrons. The molecule has 3 aromatic rings. The van der Waals surface area contributed by atoms with E-state index in [1.54, 1.807) is 43.3 Å². The van der Waals surface area contributed by atoms with E-state index < -0.39 is 0 Å². The molecule has 0 aliphatic carbocycles. The van der Waals surface area contributed by atoms with Crippen LogP contribution < -0.4 is 14.2 Å². The molecular formula is C21H21N3O4. The summed E-state index contributed by atoms with van der Waals surface area (Å²) in [5.41, 5.74) is 2.30. The van der Waals surface area contributed by atoms with Gasteiger partial charge in [-0.2, -0.15) is 0 Å². The number of para-hydroxylation sites is 2. The highest BCUT2D eigenvalue weighted by Crippen LogP contribution is 2.29. The lowest BCUT2D eigenvalue weighted by molar-refractivity contribution is -0.112. The second-order valence-electron chi connectivity index (χ2n) is 5.97. The van der Waals surface area contributed by atoms with Crippen molar-refractivity contribution in [2.75, 3.05) is 14.2 Å². The quantitative estimate of drug-likeness (QED) is 0.558. The number of hydrogen-bond acceptors (Lipinski definition) is 6. The van der Waals surface area contributed by atoms with Gasteiger partial charge in [-0.25, -0.2) is 4.68 Å². The number of rotatable bonds is 8. The van der Waals surface area contributed by atoms with Crippen molar-refractivity contribution in [3.8, 4) is 22.9 Å². The molecule has 0 aliphatic heterocycles. The first kappa shape index (κ1) is 19.2.